The average Bonchev–Trinajstić information content (AvgIpc) is 3.15. The number of methoxy groups -OCH3 is 1. The molecular formula is C25H28N2O8. The first-order valence-corrected chi connectivity index (χ1v) is 11.0. The number of ether oxygens (including phenoxy) is 3. The van der Waals surface area contributed by atoms with E-state index in [1.807, 2.05) is 48.5 Å². The van der Waals surface area contributed by atoms with Gasteiger partial charge in [0.15, 0.2) is 5.54 Å². The van der Waals surface area contributed by atoms with E-state index in [1.165, 1.54) is 21.0 Å². The molecule has 0 aliphatic heterocycles. The number of aliphatic carboxylic acids is 1. The van der Waals surface area contributed by atoms with Crippen molar-refractivity contribution in [2.45, 2.75) is 31.3 Å². The van der Waals surface area contributed by atoms with E-state index in [0.29, 0.717) is 0 Å². The van der Waals surface area contributed by atoms with Gasteiger partial charge in [0.1, 0.15) is 6.61 Å². The number of esters is 1. The molecule has 2 amide bonds. The summed E-state index contributed by atoms with van der Waals surface area (Å²) in [5, 5.41) is 13.9. The van der Waals surface area contributed by atoms with Crippen LogP contribution < -0.4 is 10.6 Å². The van der Waals surface area contributed by atoms with E-state index in [4.69, 9.17) is 14.2 Å². The zero-order valence-electron chi connectivity index (χ0n) is 19.7. The van der Waals surface area contributed by atoms with Crippen LogP contribution in [-0.2, 0) is 28.6 Å². The van der Waals surface area contributed by atoms with E-state index < -0.39 is 35.5 Å². The third-order valence-electron chi connectivity index (χ3n) is 5.69. The van der Waals surface area contributed by atoms with Gasteiger partial charge >= 0.3 is 18.0 Å². The fourth-order valence-corrected chi connectivity index (χ4v) is 4.00. The van der Waals surface area contributed by atoms with Crippen molar-refractivity contribution in [3.63, 3.8) is 0 Å². The maximum absolute atomic E-state index is 12.8. The van der Waals surface area contributed by atoms with Gasteiger partial charge in [0.2, 0.25) is 6.04 Å². The number of nitrogens with one attached hydrogen (secondary N) is 2. The molecular weight excluding hydrogens is 456 g/mol. The van der Waals surface area contributed by atoms with E-state index in [0.717, 1.165) is 22.3 Å². The van der Waals surface area contributed by atoms with Crippen molar-refractivity contribution < 1.29 is 38.5 Å². The summed E-state index contributed by atoms with van der Waals surface area (Å²) < 4.78 is 15.1. The summed E-state index contributed by atoms with van der Waals surface area (Å²) >= 11 is 0. The topological polar surface area (TPSA) is 140 Å². The Morgan fingerprint density at radius 3 is 2.09 bits per heavy atom. The number of hydrogen-bond donors (Lipinski definition) is 3. The van der Waals surface area contributed by atoms with Gasteiger partial charge in [0.25, 0.3) is 5.91 Å². The molecule has 2 atom stereocenters. The molecule has 0 aromatic heterocycles. The number of fused-ring (bicyclic) bond motifs is 3. The Labute approximate surface area is 202 Å². The van der Waals surface area contributed by atoms with Crippen molar-refractivity contribution in [2.24, 2.45) is 0 Å². The van der Waals surface area contributed by atoms with Gasteiger partial charge in [0.05, 0.1) is 13.2 Å². The van der Waals surface area contributed by atoms with Crippen molar-refractivity contribution in [3.05, 3.63) is 59.7 Å². The van der Waals surface area contributed by atoms with Crippen LogP contribution in [0.3, 0.4) is 0 Å². The molecule has 10 heteroatoms. The van der Waals surface area contributed by atoms with Gasteiger partial charge in [-0.3, -0.25) is 10.1 Å². The van der Waals surface area contributed by atoms with Crippen molar-refractivity contribution in [1.29, 1.82) is 0 Å². The highest BCUT2D eigenvalue weighted by atomic mass is 16.6. The quantitative estimate of drug-likeness (QED) is 0.344. The minimum absolute atomic E-state index is 0.0342. The molecule has 2 aromatic carbocycles. The average molecular weight is 485 g/mol. The third kappa shape index (κ3) is 5.60. The molecule has 0 fully saturated rings. The first-order chi connectivity index (χ1) is 16.7. The number of carbonyl (C=O) groups excluding carboxylic acids is 3. The number of rotatable bonds is 10. The van der Waals surface area contributed by atoms with E-state index in [1.54, 1.807) is 0 Å². The SMILES string of the molecule is CCOC(=O)C(NC(=O)OCC1c2ccccc2-c2ccccc21)C(=O)NC(C)(COC)C(=O)O. The van der Waals surface area contributed by atoms with Crippen molar-refractivity contribution in [3.8, 4) is 11.1 Å². The molecule has 0 saturated heterocycles. The fraction of sp³-hybridized carbons (Fsp3) is 0.360. The molecule has 2 unspecified atom stereocenters. The summed E-state index contributed by atoms with van der Waals surface area (Å²) in [6.45, 7) is 2.30. The minimum Gasteiger partial charge on any atom is -0.479 e. The fourth-order valence-electron chi connectivity index (χ4n) is 4.00. The largest absolute Gasteiger partial charge is 0.479 e. The Balaban J connectivity index is 1.72. The Morgan fingerprint density at radius 1 is 1.00 bits per heavy atom. The van der Waals surface area contributed by atoms with Crippen LogP contribution in [0.4, 0.5) is 4.79 Å². The van der Waals surface area contributed by atoms with Crippen LogP contribution in [0.25, 0.3) is 11.1 Å². The normalized spacial score (nSPS) is 14.6. The van der Waals surface area contributed by atoms with Gasteiger partial charge in [-0.2, -0.15) is 0 Å². The van der Waals surface area contributed by atoms with E-state index >= 15 is 0 Å². The van der Waals surface area contributed by atoms with Crippen LogP contribution in [0.1, 0.15) is 30.9 Å². The molecule has 3 rings (SSSR count). The molecule has 0 saturated carbocycles. The summed E-state index contributed by atoms with van der Waals surface area (Å²) in [5.41, 5.74) is 2.26. The maximum Gasteiger partial charge on any atom is 0.408 e. The molecule has 1 aliphatic rings. The van der Waals surface area contributed by atoms with Crippen molar-refractivity contribution >= 4 is 23.9 Å². The molecule has 1 aliphatic carbocycles. The summed E-state index contributed by atoms with van der Waals surface area (Å²) in [7, 11) is 1.27. The van der Waals surface area contributed by atoms with Gasteiger partial charge < -0.3 is 24.6 Å². The second kappa shape index (κ2) is 11.0. The van der Waals surface area contributed by atoms with Gasteiger partial charge in [-0.25, -0.2) is 14.4 Å². The van der Waals surface area contributed by atoms with Crippen LogP contribution in [0, 0.1) is 0 Å². The lowest BCUT2D eigenvalue weighted by molar-refractivity contribution is -0.154. The first-order valence-electron chi connectivity index (χ1n) is 11.0. The van der Waals surface area contributed by atoms with Crippen LogP contribution in [-0.4, -0.2) is 67.6 Å². The number of hydrogen-bond acceptors (Lipinski definition) is 7. The highest BCUT2D eigenvalue weighted by molar-refractivity contribution is 6.05. The van der Waals surface area contributed by atoms with E-state index in [-0.39, 0.29) is 25.7 Å². The number of carbonyl (C=O) groups is 4. The lowest BCUT2D eigenvalue weighted by atomic mass is 9.98. The Morgan fingerprint density at radius 2 is 1.57 bits per heavy atom. The zero-order valence-corrected chi connectivity index (χ0v) is 19.7. The highest BCUT2D eigenvalue weighted by Gasteiger charge is 2.40. The molecule has 0 radical (unpaired) electrons. The molecule has 35 heavy (non-hydrogen) atoms. The number of carboxylic acid groups (broad SMARTS) is 1. The predicted molar refractivity (Wildman–Crippen MR) is 125 cm³/mol. The summed E-state index contributed by atoms with van der Waals surface area (Å²) in [5.74, 6) is -3.72. The minimum atomic E-state index is -1.83. The number of benzene rings is 2. The van der Waals surface area contributed by atoms with Gasteiger partial charge in [-0.05, 0) is 36.1 Å². The van der Waals surface area contributed by atoms with Crippen LogP contribution >= 0.6 is 0 Å². The molecule has 186 valence electrons. The van der Waals surface area contributed by atoms with Crippen molar-refractivity contribution in [1.82, 2.24) is 10.6 Å². The number of amides is 2. The lowest BCUT2D eigenvalue weighted by Crippen LogP contribution is -2.61. The highest BCUT2D eigenvalue weighted by Crippen LogP contribution is 2.44. The molecule has 3 N–H and O–H groups in total. The molecule has 0 bridgehead atoms. The van der Waals surface area contributed by atoms with Crippen LogP contribution in [0.2, 0.25) is 0 Å². The Bertz CT molecular complexity index is 1070. The Kier molecular flexibility index (Phi) is 8.08. The summed E-state index contributed by atoms with van der Waals surface area (Å²) in [6, 6.07) is 13.8. The molecule has 0 spiro atoms. The van der Waals surface area contributed by atoms with Crippen LogP contribution in [0.15, 0.2) is 48.5 Å². The standard InChI is InChI=1S/C25H28N2O8/c1-4-34-22(29)20(21(28)27-25(2,14-33-3)23(30)31)26-24(32)35-13-19-17-11-7-5-9-15(17)16-10-6-8-12-18(16)19/h5-12,19-20H,4,13-14H2,1-3H3,(H,26,32)(H,27,28)(H,30,31). The smallest absolute Gasteiger partial charge is 0.408 e. The third-order valence-corrected chi connectivity index (χ3v) is 5.69. The number of carboxylic acids is 1. The molecule has 0 heterocycles. The summed E-state index contributed by atoms with van der Waals surface area (Å²) in [4.78, 5) is 49.4. The maximum atomic E-state index is 12.8. The number of alkyl carbamates (subject to hydrolysis) is 1. The predicted octanol–water partition coefficient (Wildman–Crippen LogP) is 2.06. The molecule has 2 aromatic rings. The van der Waals surface area contributed by atoms with Gasteiger partial charge in [-0.15, -0.1) is 0 Å². The van der Waals surface area contributed by atoms with E-state index in [9.17, 15) is 24.3 Å². The first kappa shape index (κ1) is 25.7. The monoisotopic (exact) mass is 484 g/mol. The lowest BCUT2D eigenvalue weighted by Gasteiger charge is -2.27. The second-order valence-corrected chi connectivity index (χ2v) is 8.21. The molecule has 10 nitrogen and oxygen atoms in total. The second-order valence-electron chi connectivity index (χ2n) is 8.21. The van der Waals surface area contributed by atoms with E-state index in [2.05, 4.69) is 10.6 Å². The summed E-state index contributed by atoms with van der Waals surface area (Å²) in [6.07, 6.45) is -1.02. The Hall–Kier alpha value is -3.92. The van der Waals surface area contributed by atoms with Gasteiger partial charge in [-0.1, -0.05) is 48.5 Å². The van der Waals surface area contributed by atoms with Crippen LogP contribution in [0.5, 0.6) is 0 Å². The van der Waals surface area contributed by atoms with Gasteiger partial charge in [0, 0.05) is 13.0 Å². The zero-order chi connectivity index (χ0) is 25.6. The van der Waals surface area contributed by atoms with Crippen molar-refractivity contribution in [2.75, 3.05) is 26.9 Å².